The summed E-state index contributed by atoms with van der Waals surface area (Å²) >= 11 is 0. The molecule has 1 saturated heterocycles. The van der Waals surface area contributed by atoms with Crippen molar-refractivity contribution in [2.45, 2.75) is 25.8 Å². The van der Waals surface area contributed by atoms with Crippen molar-refractivity contribution < 1.29 is 9.59 Å². The van der Waals surface area contributed by atoms with E-state index in [0.29, 0.717) is 26.1 Å². The molecule has 1 unspecified atom stereocenters. The van der Waals surface area contributed by atoms with E-state index in [1.54, 1.807) is 4.90 Å². The van der Waals surface area contributed by atoms with Crippen molar-refractivity contribution in [1.29, 1.82) is 0 Å². The SMILES string of the molecule is CCCN1CCN(C(=O)c2cnccn2)C(Cc2ccccc2-c2ccccc2)C1=O. The van der Waals surface area contributed by atoms with E-state index in [0.717, 1.165) is 23.1 Å². The van der Waals surface area contributed by atoms with Gasteiger partial charge in [-0.2, -0.15) is 0 Å². The maximum absolute atomic E-state index is 13.4. The van der Waals surface area contributed by atoms with E-state index in [4.69, 9.17) is 0 Å². The van der Waals surface area contributed by atoms with E-state index >= 15 is 0 Å². The number of hydrogen-bond donors (Lipinski definition) is 0. The highest BCUT2D eigenvalue weighted by molar-refractivity contribution is 5.97. The quantitative estimate of drug-likeness (QED) is 0.620. The summed E-state index contributed by atoms with van der Waals surface area (Å²) in [6.07, 6.45) is 5.84. The van der Waals surface area contributed by atoms with E-state index in [1.807, 2.05) is 41.3 Å². The second-order valence-corrected chi connectivity index (χ2v) is 7.66. The number of carbonyl (C=O) groups excluding carboxylic acids is 2. The van der Waals surface area contributed by atoms with Crippen molar-refractivity contribution in [3.63, 3.8) is 0 Å². The summed E-state index contributed by atoms with van der Waals surface area (Å²) in [5.74, 6) is -0.256. The predicted octanol–water partition coefficient (Wildman–Crippen LogP) is 3.45. The zero-order chi connectivity index (χ0) is 21.6. The molecule has 158 valence electrons. The molecule has 6 nitrogen and oxygen atoms in total. The summed E-state index contributed by atoms with van der Waals surface area (Å²) in [7, 11) is 0. The molecule has 0 spiro atoms. The van der Waals surface area contributed by atoms with Crippen LogP contribution in [0.4, 0.5) is 0 Å². The fourth-order valence-corrected chi connectivity index (χ4v) is 4.13. The van der Waals surface area contributed by atoms with Crippen LogP contribution in [0.1, 0.15) is 29.4 Å². The summed E-state index contributed by atoms with van der Waals surface area (Å²) in [6, 6.07) is 17.6. The van der Waals surface area contributed by atoms with Crippen LogP contribution in [-0.2, 0) is 11.2 Å². The predicted molar refractivity (Wildman–Crippen MR) is 119 cm³/mol. The van der Waals surface area contributed by atoms with E-state index in [2.05, 4.69) is 35.1 Å². The highest BCUT2D eigenvalue weighted by atomic mass is 16.2. The lowest BCUT2D eigenvalue weighted by Crippen LogP contribution is -2.59. The van der Waals surface area contributed by atoms with Crippen molar-refractivity contribution in [2.75, 3.05) is 19.6 Å². The number of hydrogen-bond acceptors (Lipinski definition) is 4. The van der Waals surface area contributed by atoms with Gasteiger partial charge < -0.3 is 9.80 Å². The number of nitrogens with zero attached hydrogens (tertiary/aromatic N) is 4. The zero-order valence-electron chi connectivity index (χ0n) is 17.6. The van der Waals surface area contributed by atoms with E-state index in [-0.39, 0.29) is 17.5 Å². The molecular weight excluding hydrogens is 388 g/mol. The summed E-state index contributed by atoms with van der Waals surface area (Å²) < 4.78 is 0. The molecule has 4 rings (SSSR count). The van der Waals surface area contributed by atoms with Crippen LogP contribution in [0.3, 0.4) is 0 Å². The molecule has 31 heavy (non-hydrogen) atoms. The van der Waals surface area contributed by atoms with Gasteiger partial charge in [-0.3, -0.25) is 14.6 Å². The third-order valence-electron chi connectivity index (χ3n) is 5.64. The Hall–Kier alpha value is -3.54. The van der Waals surface area contributed by atoms with E-state index < -0.39 is 6.04 Å². The zero-order valence-corrected chi connectivity index (χ0v) is 17.6. The fourth-order valence-electron chi connectivity index (χ4n) is 4.13. The van der Waals surface area contributed by atoms with Crippen molar-refractivity contribution in [3.8, 4) is 11.1 Å². The van der Waals surface area contributed by atoms with Gasteiger partial charge in [-0.05, 0) is 23.1 Å². The lowest BCUT2D eigenvalue weighted by molar-refractivity contribution is -0.140. The van der Waals surface area contributed by atoms with Crippen molar-refractivity contribution in [1.82, 2.24) is 19.8 Å². The molecule has 0 radical (unpaired) electrons. The Morgan fingerprint density at radius 2 is 1.81 bits per heavy atom. The Labute approximate surface area is 182 Å². The highest BCUT2D eigenvalue weighted by Crippen LogP contribution is 2.27. The topological polar surface area (TPSA) is 66.4 Å². The minimum Gasteiger partial charge on any atom is -0.339 e. The van der Waals surface area contributed by atoms with Crippen LogP contribution in [-0.4, -0.2) is 57.3 Å². The molecule has 0 N–H and O–H groups in total. The number of benzene rings is 2. The first-order valence-corrected chi connectivity index (χ1v) is 10.7. The van der Waals surface area contributed by atoms with E-state index in [1.165, 1.54) is 18.6 Å². The summed E-state index contributed by atoms with van der Waals surface area (Å²) in [4.78, 5) is 38.3. The van der Waals surface area contributed by atoms with Gasteiger partial charge in [-0.1, -0.05) is 61.5 Å². The molecule has 6 heteroatoms. The normalized spacial score (nSPS) is 16.4. The second-order valence-electron chi connectivity index (χ2n) is 7.66. The Balaban J connectivity index is 1.68. The van der Waals surface area contributed by atoms with Gasteiger partial charge in [0.15, 0.2) is 0 Å². The first-order chi connectivity index (χ1) is 15.2. The number of amides is 2. The van der Waals surface area contributed by atoms with Gasteiger partial charge >= 0.3 is 0 Å². The minimum absolute atomic E-state index is 0.00629. The second kappa shape index (κ2) is 9.51. The third-order valence-corrected chi connectivity index (χ3v) is 5.64. The molecule has 1 aliphatic rings. The summed E-state index contributed by atoms with van der Waals surface area (Å²) in [5, 5.41) is 0. The lowest BCUT2D eigenvalue weighted by Gasteiger charge is -2.40. The molecular formula is C25H26N4O2. The van der Waals surface area contributed by atoms with Crippen LogP contribution in [0.5, 0.6) is 0 Å². The minimum atomic E-state index is -0.570. The standard InChI is InChI=1S/C25H26N4O2/c1-2-14-28-15-16-29(24(30)22-18-26-12-13-27-22)23(25(28)31)17-20-10-6-7-11-21(20)19-8-4-3-5-9-19/h3-13,18,23H,2,14-17H2,1H3. The van der Waals surface area contributed by atoms with Crippen LogP contribution in [0.25, 0.3) is 11.1 Å². The molecule has 0 saturated carbocycles. The van der Waals surface area contributed by atoms with Gasteiger partial charge in [0.2, 0.25) is 5.91 Å². The lowest BCUT2D eigenvalue weighted by atomic mass is 9.93. The average Bonchev–Trinajstić information content (AvgIpc) is 2.83. The fraction of sp³-hybridized carbons (Fsp3) is 0.280. The Morgan fingerprint density at radius 1 is 1.03 bits per heavy atom. The van der Waals surface area contributed by atoms with Gasteiger partial charge in [0.05, 0.1) is 6.20 Å². The summed E-state index contributed by atoms with van der Waals surface area (Å²) in [5.41, 5.74) is 3.48. The molecule has 2 amide bonds. The number of carbonyl (C=O) groups is 2. The monoisotopic (exact) mass is 414 g/mol. The Bertz CT molecular complexity index is 1040. The van der Waals surface area contributed by atoms with Crippen LogP contribution < -0.4 is 0 Å². The molecule has 1 atom stereocenters. The van der Waals surface area contributed by atoms with Gasteiger partial charge in [0.1, 0.15) is 11.7 Å². The smallest absolute Gasteiger partial charge is 0.274 e. The Morgan fingerprint density at radius 3 is 2.55 bits per heavy atom. The molecule has 0 aliphatic carbocycles. The molecule has 2 heterocycles. The molecule has 0 bridgehead atoms. The molecule has 1 aliphatic heterocycles. The van der Waals surface area contributed by atoms with Crippen molar-refractivity contribution in [2.24, 2.45) is 0 Å². The highest BCUT2D eigenvalue weighted by Gasteiger charge is 2.38. The maximum Gasteiger partial charge on any atom is 0.274 e. The van der Waals surface area contributed by atoms with Crippen LogP contribution in [0.2, 0.25) is 0 Å². The van der Waals surface area contributed by atoms with Crippen LogP contribution >= 0.6 is 0 Å². The number of aromatic nitrogens is 2. The molecule has 1 aromatic heterocycles. The number of piperazine rings is 1. The average molecular weight is 415 g/mol. The first-order valence-electron chi connectivity index (χ1n) is 10.7. The van der Waals surface area contributed by atoms with Gasteiger partial charge in [-0.25, -0.2) is 4.98 Å². The molecule has 3 aromatic rings. The molecule has 1 fully saturated rings. The molecule has 2 aromatic carbocycles. The summed E-state index contributed by atoms with van der Waals surface area (Å²) in [6.45, 7) is 3.78. The Kier molecular flexibility index (Phi) is 6.36. The largest absolute Gasteiger partial charge is 0.339 e. The maximum atomic E-state index is 13.4. The first kappa shape index (κ1) is 20.7. The van der Waals surface area contributed by atoms with Gasteiger partial charge in [-0.15, -0.1) is 0 Å². The van der Waals surface area contributed by atoms with E-state index in [9.17, 15) is 9.59 Å². The number of rotatable bonds is 6. The van der Waals surface area contributed by atoms with Crippen LogP contribution in [0.15, 0.2) is 73.2 Å². The van der Waals surface area contributed by atoms with Gasteiger partial charge in [0, 0.05) is 38.4 Å². The van der Waals surface area contributed by atoms with Crippen LogP contribution in [0, 0.1) is 0 Å². The third kappa shape index (κ3) is 4.48. The van der Waals surface area contributed by atoms with Crippen molar-refractivity contribution >= 4 is 11.8 Å². The van der Waals surface area contributed by atoms with Gasteiger partial charge in [0.25, 0.3) is 5.91 Å². The van der Waals surface area contributed by atoms with Crippen molar-refractivity contribution in [3.05, 3.63) is 84.4 Å².